The maximum atomic E-state index is 13.7. The first-order valence-corrected chi connectivity index (χ1v) is 7.12. The number of anilines is 1. The molecule has 7 heteroatoms. The maximum Gasteiger partial charge on any atom is 0.293 e. The molecule has 0 amide bonds. The van der Waals surface area contributed by atoms with Crippen LogP contribution in [0.2, 0.25) is 0 Å². The molecule has 0 aliphatic heterocycles. The van der Waals surface area contributed by atoms with E-state index in [0.29, 0.717) is 17.6 Å². The SMILES string of the molecule is CCn1c(=O)c(NCc2cc(F)ccc2F)nc2ccncc21. The number of aryl methyl sites for hydroxylation is 1. The van der Waals surface area contributed by atoms with E-state index in [0.717, 1.165) is 18.2 Å². The van der Waals surface area contributed by atoms with E-state index in [2.05, 4.69) is 15.3 Å². The van der Waals surface area contributed by atoms with E-state index < -0.39 is 11.6 Å². The molecule has 0 bridgehead atoms. The Labute approximate surface area is 130 Å². The van der Waals surface area contributed by atoms with Gasteiger partial charge < -0.3 is 9.88 Å². The highest BCUT2D eigenvalue weighted by Gasteiger charge is 2.11. The summed E-state index contributed by atoms with van der Waals surface area (Å²) in [6, 6.07) is 4.88. The molecular weight excluding hydrogens is 302 g/mol. The van der Waals surface area contributed by atoms with Crippen LogP contribution in [0.5, 0.6) is 0 Å². The van der Waals surface area contributed by atoms with Crippen molar-refractivity contribution in [2.75, 3.05) is 5.32 Å². The molecule has 0 radical (unpaired) electrons. The molecule has 2 heterocycles. The highest BCUT2D eigenvalue weighted by atomic mass is 19.1. The Balaban J connectivity index is 1.98. The second-order valence-electron chi connectivity index (χ2n) is 4.96. The summed E-state index contributed by atoms with van der Waals surface area (Å²) in [6.07, 6.45) is 3.15. The van der Waals surface area contributed by atoms with Crippen LogP contribution in [0.1, 0.15) is 12.5 Å². The lowest BCUT2D eigenvalue weighted by Crippen LogP contribution is -2.25. The van der Waals surface area contributed by atoms with Crippen LogP contribution in [-0.4, -0.2) is 14.5 Å². The predicted molar refractivity (Wildman–Crippen MR) is 83.2 cm³/mol. The summed E-state index contributed by atoms with van der Waals surface area (Å²) in [7, 11) is 0. The number of nitrogens with one attached hydrogen (secondary N) is 1. The summed E-state index contributed by atoms with van der Waals surface area (Å²) in [5.74, 6) is -0.986. The van der Waals surface area contributed by atoms with Gasteiger partial charge in [0.15, 0.2) is 5.82 Å². The van der Waals surface area contributed by atoms with Gasteiger partial charge in [-0.15, -0.1) is 0 Å². The van der Waals surface area contributed by atoms with Crippen molar-refractivity contribution < 1.29 is 8.78 Å². The van der Waals surface area contributed by atoms with Gasteiger partial charge in [-0.2, -0.15) is 0 Å². The van der Waals surface area contributed by atoms with Gasteiger partial charge in [0.05, 0.1) is 17.2 Å². The molecule has 118 valence electrons. The van der Waals surface area contributed by atoms with E-state index in [4.69, 9.17) is 0 Å². The van der Waals surface area contributed by atoms with Crippen molar-refractivity contribution in [1.82, 2.24) is 14.5 Å². The van der Waals surface area contributed by atoms with Crippen LogP contribution in [0.25, 0.3) is 11.0 Å². The summed E-state index contributed by atoms with van der Waals surface area (Å²) in [5.41, 5.74) is 1.03. The van der Waals surface area contributed by atoms with Gasteiger partial charge in [-0.1, -0.05) is 0 Å². The zero-order chi connectivity index (χ0) is 16.4. The van der Waals surface area contributed by atoms with E-state index in [9.17, 15) is 13.6 Å². The van der Waals surface area contributed by atoms with Crippen molar-refractivity contribution in [3.8, 4) is 0 Å². The molecule has 1 aromatic carbocycles. The van der Waals surface area contributed by atoms with Crippen molar-refractivity contribution >= 4 is 16.9 Å². The first-order valence-electron chi connectivity index (χ1n) is 7.12. The highest BCUT2D eigenvalue weighted by Crippen LogP contribution is 2.13. The number of hydrogen-bond acceptors (Lipinski definition) is 4. The molecule has 0 aliphatic rings. The lowest BCUT2D eigenvalue weighted by atomic mass is 10.2. The maximum absolute atomic E-state index is 13.7. The molecule has 0 saturated heterocycles. The first kappa shape index (κ1) is 15.1. The van der Waals surface area contributed by atoms with Gasteiger partial charge in [-0.25, -0.2) is 13.8 Å². The molecule has 5 nitrogen and oxygen atoms in total. The van der Waals surface area contributed by atoms with Crippen molar-refractivity contribution in [1.29, 1.82) is 0 Å². The lowest BCUT2D eigenvalue weighted by molar-refractivity contribution is 0.587. The fourth-order valence-electron chi connectivity index (χ4n) is 2.37. The monoisotopic (exact) mass is 316 g/mol. The molecule has 2 aromatic heterocycles. The minimum Gasteiger partial charge on any atom is -0.361 e. The summed E-state index contributed by atoms with van der Waals surface area (Å²) in [4.78, 5) is 20.7. The summed E-state index contributed by atoms with van der Waals surface area (Å²) in [5, 5.41) is 2.79. The van der Waals surface area contributed by atoms with Gasteiger partial charge in [0.1, 0.15) is 11.6 Å². The number of hydrogen-bond donors (Lipinski definition) is 1. The van der Waals surface area contributed by atoms with Crippen LogP contribution in [0.3, 0.4) is 0 Å². The van der Waals surface area contributed by atoms with Crippen LogP contribution in [0.15, 0.2) is 41.5 Å². The molecule has 0 aliphatic carbocycles. The van der Waals surface area contributed by atoms with Gasteiger partial charge in [-0.3, -0.25) is 9.78 Å². The van der Waals surface area contributed by atoms with Crippen LogP contribution >= 0.6 is 0 Å². The Hall–Kier alpha value is -2.83. The molecule has 3 rings (SSSR count). The number of rotatable bonds is 4. The van der Waals surface area contributed by atoms with Crippen molar-refractivity contribution in [3.63, 3.8) is 0 Å². The quantitative estimate of drug-likeness (QED) is 0.804. The predicted octanol–water partition coefficient (Wildman–Crippen LogP) is 2.70. The van der Waals surface area contributed by atoms with Crippen molar-refractivity contribution in [2.24, 2.45) is 0 Å². The highest BCUT2D eigenvalue weighted by molar-refractivity contribution is 5.75. The second-order valence-corrected chi connectivity index (χ2v) is 4.96. The van der Waals surface area contributed by atoms with Crippen molar-refractivity contribution in [3.05, 3.63) is 64.2 Å². The normalized spacial score (nSPS) is 10.9. The minimum atomic E-state index is -0.542. The topological polar surface area (TPSA) is 59.8 Å². The Bertz CT molecular complexity index is 924. The van der Waals surface area contributed by atoms with Gasteiger partial charge >= 0.3 is 0 Å². The number of halogens is 2. The Morgan fingerprint density at radius 3 is 2.87 bits per heavy atom. The molecule has 0 spiro atoms. The van der Waals surface area contributed by atoms with E-state index in [-0.39, 0.29) is 23.5 Å². The molecule has 0 fully saturated rings. The first-order chi connectivity index (χ1) is 11.1. The van der Waals surface area contributed by atoms with Crippen LogP contribution in [0, 0.1) is 11.6 Å². The Morgan fingerprint density at radius 2 is 2.09 bits per heavy atom. The smallest absolute Gasteiger partial charge is 0.293 e. The second kappa shape index (κ2) is 6.12. The zero-order valence-corrected chi connectivity index (χ0v) is 12.4. The van der Waals surface area contributed by atoms with Crippen LogP contribution in [0.4, 0.5) is 14.6 Å². The number of aromatic nitrogens is 3. The third-order valence-electron chi connectivity index (χ3n) is 3.52. The van der Waals surface area contributed by atoms with E-state index in [1.807, 2.05) is 6.92 Å². The third-order valence-corrected chi connectivity index (χ3v) is 3.52. The molecular formula is C16H14F2N4O. The molecule has 23 heavy (non-hydrogen) atoms. The molecule has 3 aromatic rings. The average Bonchev–Trinajstić information content (AvgIpc) is 2.56. The fourth-order valence-corrected chi connectivity index (χ4v) is 2.37. The number of fused-ring (bicyclic) bond motifs is 1. The largest absolute Gasteiger partial charge is 0.361 e. The van der Waals surface area contributed by atoms with E-state index in [1.165, 1.54) is 4.57 Å². The van der Waals surface area contributed by atoms with Crippen LogP contribution < -0.4 is 10.9 Å². The van der Waals surface area contributed by atoms with Crippen molar-refractivity contribution in [2.45, 2.75) is 20.0 Å². The van der Waals surface area contributed by atoms with Gasteiger partial charge in [-0.05, 0) is 31.2 Å². The van der Waals surface area contributed by atoms with Gasteiger partial charge in [0.2, 0.25) is 0 Å². The summed E-state index contributed by atoms with van der Waals surface area (Å²) in [6.45, 7) is 2.25. The Morgan fingerprint density at radius 1 is 1.26 bits per heavy atom. The van der Waals surface area contributed by atoms with Gasteiger partial charge in [0.25, 0.3) is 5.56 Å². The molecule has 0 atom stereocenters. The Kier molecular flexibility index (Phi) is 4.01. The standard InChI is InChI=1S/C16H14F2N4O/c1-2-22-14-9-19-6-5-13(14)21-15(16(22)23)20-8-10-7-11(17)3-4-12(10)18/h3-7,9H,2,8H2,1H3,(H,20,21). The number of pyridine rings is 1. The number of nitrogens with zero attached hydrogens (tertiary/aromatic N) is 3. The van der Waals surface area contributed by atoms with E-state index in [1.54, 1.807) is 18.5 Å². The van der Waals surface area contributed by atoms with Crippen LogP contribution in [-0.2, 0) is 13.1 Å². The average molecular weight is 316 g/mol. The molecule has 0 unspecified atom stereocenters. The lowest BCUT2D eigenvalue weighted by Gasteiger charge is -2.11. The van der Waals surface area contributed by atoms with E-state index >= 15 is 0 Å². The fraction of sp³-hybridized carbons (Fsp3) is 0.188. The number of benzene rings is 1. The molecule has 1 N–H and O–H groups in total. The summed E-state index contributed by atoms with van der Waals surface area (Å²) < 4.78 is 28.4. The zero-order valence-electron chi connectivity index (χ0n) is 12.4. The van der Waals surface area contributed by atoms with Gasteiger partial charge in [0, 0.05) is 24.8 Å². The molecule has 0 saturated carbocycles. The third kappa shape index (κ3) is 2.90. The summed E-state index contributed by atoms with van der Waals surface area (Å²) >= 11 is 0. The minimum absolute atomic E-state index is 0.0356.